The third-order valence-corrected chi connectivity index (χ3v) is 4.18. The zero-order chi connectivity index (χ0) is 14.0. The van der Waals surface area contributed by atoms with Crippen molar-refractivity contribution in [2.75, 3.05) is 6.54 Å². The number of hydrogen-bond donors (Lipinski definition) is 1. The van der Waals surface area contributed by atoms with Crippen LogP contribution in [0.3, 0.4) is 0 Å². The molecule has 0 aliphatic carbocycles. The highest BCUT2D eigenvalue weighted by atomic mass is 79.9. The summed E-state index contributed by atoms with van der Waals surface area (Å²) in [6, 6.07) is 5.06. The van der Waals surface area contributed by atoms with Gasteiger partial charge in [-0.1, -0.05) is 6.07 Å². The zero-order valence-corrected chi connectivity index (χ0v) is 12.5. The van der Waals surface area contributed by atoms with Crippen LogP contribution in [0.4, 0.5) is 4.39 Å². The Bertz CT molecular complexity index is 481. The first-order valence-corrected chi connectivity index (χ1v) is 7.25. The lowest BCUT2D eigenvalue weighted by Gasteiger charge is -2.36. The Morgan fingerprint density at radius 3 is 2.95 bits per heavy atom. The Balaban J connectivity index is 2.02. The number of nitrogens with zero attached hydrogens (tertiary/aromatic N) is 1. The minimum atomic E-state index is -0.312. The maximum absolute atomic E-state index is 13.1. The first kappa shape index (κ1) is 14.5. The van der Waals surface area contributed by atoms with Gasteiger partial charge in [0.15, 0.2) is 0 Å². The standard InChI is InChI=1S/C14H18BrFN2O/c1-9-6-11(17)4-5-18(9)14(19)8-10-2-3-13(16)12(15)7-10/h2-3,7,9,11H,4-6,8,17H2,1H3/t9-,11+/m1/s1. The maximum atomic E-state index is 13.1. The fourth-order valence-corrected chi connectivity index (χ4v) is 2.93. The number of hydrogen-bond acceptors (Lipinski definition) is 2. The molecule has 0 saturated carbocycles. The molecule has 1 heterocycles. The summed E-state index contributed by atoms with van der Waals surface area (Å²) in [4.78, 5) is 14.1. The van der Waals surface area contributed by atoms with E-state index >= 15 is 0 Å². The minimum Gasteiger partial charge on any atom is -0.340 e. The second kappa shape index (κ2) is 6.01. The van der Waals surface area contributed by atoms with Crippen LogP contribution in [0.5, 0.6) is 0 Å². The lowest BCUT2D eigenvalue weighted by Crippen LogP contribution is -2.48. The second-order valence-corrected chi connectivity index (χ2v) is 6.00. The van der Waals surface area contributed by atoms with Crippen LogP contribution in [0.15, 0.2) is 22.7 Å². The molecule has 1 aromatic carbocycles. The summed E-state index contributed by atoms with van der Waals surface area (Å²) in [6.07, 6.45) is 2.00. The van der Waals surface area contributed by atoms with E-state index < -0.39 is 0 Å². The molecule has 2 atom stereocenters. The predicted octanol–water partition coefficient (Wildman–Crippen LogP) is 2.47. The Hall–Kier alpha value is -0.940. The number of nitrogens with two attached hydrogens (primary N) is 1. The minimum absolute atomic E-state index is 0.0814. The third-order valence-electron chi connectivity index (χ3n) is 3.58. The van der Waals surface area contributed by atoms with Gasteiger partial charge in [0.1, 0.15) is 5.82 Å². The average Bonchev–Trinajstić information content (AvgIpc) is 2.33. The van der Waals surface area contributed by atoms with Crippen LogP contribution in [-0.4, -0.2) is 29.4 Å². The van der Waals surface area contributed by atoms with Crippen molar-refractivity contribution in [1.29, 1.82) is 0 Å². The van der Waals surface area contributed by atoms with E-state index in [1.165, 1.54) is 6.07 Å². The molecule has 0 unspecified atom stereocenters. The number of piperidine rings is 1. The molecule has 2 N–H and O–H groups in total. The van der Waals surface area contributed by atoms with Gasteiger partial charge in [-0.15, -0.1) is 0 Å². The highest BCUT2D eigenvalue weighted by molar-refractivity contribution is 9.10. The van der Waals surface area contributed by atoms with Gasteiger partial charge in [0.25, 0.3) is 0 Å². The van der Waals surface area contributed by atoms with Crippen LogP contribution < -0.4 is 5.73 Å². The molecule has 0 bridgehead atoms. The SMILES string of the molecule is C[C@@H]1C[C@@H](N)CCN1C(=O)Cc1ccc(F)c(Br)c1. The van der Waals surface area contributed by atoms with Crippen LogP contribution >= 0.6 is 15.9 Å². The van der Waals surface area contributed by atoms with Crippen molar-refractivity contribution in [3.05, 3.63) is 34.1 Å². The number of amides is 1. The average molecular weight is 329 g/mol. The van der Waals surface area contributed by atoms with Crippen molar-refractivity contribution in [3.8, 4) is 0 Å². The van der Waals surface area contributed by atoms with Gasteiger partial charge in [-0.2, -0.15) is 0 Å². The lowest BCUT2D eigenvalue weighted by atomic mass is 9.98. The molecule has 1 saturated heterocycles. The fraction of sp³-hybridized carbons (Fsp3) is 0.500. The summed E-state index contributed by atoms with van der Waals surface area (Å²) in [6.45, 7) is 2.74. The van der Waals surface area contributed by atoms with Gasteiger partial charge in [-0.25, -0.2) is 4.39 Å². The summed E-state index contributed by atoms with van der Waals surface area (Å²) in [5, 5.41) is 0. The van der Waals surface area contributed by atoms with Crippen molar-refractivity contribution in [2.24, 2.45) is 5.73 Å². The van der Waals surface area contributed by atoms with Crippen molar-refractivity contribution >= 4 is 21.8 Å². The molecule has 1 aliphatic rings. The molecule has 1 aromatic rings. The lowest BCUT2D eigenvalue weighted by molar-refractivity contribution is -0.133. The molecule has 1 aliphatic heterocycles. The van der Waals surface area contributed by atoms with Crippen molar-refractivity contribution in [1.82, 2.24) is 4.90 Å². The number of halogens is 2. The summed E-state index contributed by atoms with van der Waals surface area (Å²) >= 11 is 3.14. The quantitative estimate of drug-likeness (QED) is 0.906. The van der Waals surface area contributed by atoms with Crippen molar-refractivity contribution < 1.29 is 9.18 Å². The Labute approximate surface area is 121 Å². The zero-order valence-electron chi connectivity index (χ0n) is 10.9. The monoisotopic (exact) mass is 328 g/mol. The largest absolute Gasteiger partial charge is 0.340 e. The van der Waals surface area contributed by atoms with E-state index in [4.69, 9.17) is 5.73 Å². The fourth-order valence-electron chi connectivity index (χ4n) is 2.50. The van der Waals surface area contributed by atoms with E-state index in [-0.39, 0.29) is 23.8 Å². The van der Waals surface area contributed by atoms with Gasteiger partial charge in [0, 0.05) is 18.6 Å². The molecule has 104 valence electrons. The molecule has 0 aromatic heterocycles. The van der Waals surface area contributed by atoms with Gasteiger partial charge in [-0.3, -0.25) is 4.79 Å². The smallest absolute Gasteiger partial charge is 0.227 e. The molecule has 0 spiro atoms. The van der Waals surface area contributed by atoms with Crippen molar-refractivity contribution in [2.45, 2.75) is 38.3 Å². The van der Waals surface area contributed by atoms with Gasteiger partial charge < -0.3 is 10.6 Å². The number of benzene rings is 1. The molecule has 19 heavy (non-hydrogen) atoms. The van der Waals surface area contributed by atoms with Gasteiger partial charge in [-0.05, 0) is 53.4 Å². The normalized spacial score (nSPS) is 23.5. The van der Waals surface area contributed by atoms with E-state index in [1.807, 2.05) is 11.8 Å². The van der Waals surface area contributed by atoms with Gasteiger partial charge in [0.05, 0.1) is 10.9 Å². The molecule has 0 radical (unpaired) electrons. The van der Waals surface area contributed by atoms with Crippen LogP contribution in [0.1, 0.15) is 25.3 Å². The van der Waals surface area contributed by atoms with E-state index in [2.05, 4.69) is 15.9 Å². The van der Waals surface area contributed by atoms with Crippen LogP contribution in [0.25, 0.3) is 0 Å². The predicted molar refractivity (Wildman–Crippen MR) is 76.2 cm³/mol. The Morgan fingerprint density at radius 2 is 2.32 bits per heavy atom. The molecule has 3 nitrogen and oxygen atoms in total. The highest BCUT2D eigenvalue weighted by Gasteiger charge is 2.26. The summed E-state index contributed by atoms with van der Waals surface area (Å²) in [5.41, 5.74) is 6.71. The molecular weight excluding hydrogens is 311 g/mol. The van der Waals surface area contributed by atoms with E-state index in [1.54, 1.807) is 12.1 Å². The third kappa shape index (κ3) is 3.54. The number of likely N-dealkylation sites (tertiary alicyclic amines) is 1. The first-order chi connectivity index (χ1) is 8.97. The Morgan fingerprint density at radius 1 is 1.58 bits per heavy atom. The number of carbonyl (C=O) groups is 1. The summed E-state index contributed by atoms with van der Waals surface area (Å²) in [7, 11) is 0. The van der Waals surface area contributed by atoms with E-state index in [0.717, 1.165) is 18.4 Å². The molecular formula is C14H18BrFN2O. The van der Waals surface area contributed by atoms with E-state index in [9.17, 15) is 9.18 Å². The number of rotatable bonds is 2. The topological polar surface area (TPSA) is 46.3 Å². The summed E-state index contributed by atoms with van der Waals surface area (Å²) < 4.78 is 13.5. The first-order valence-electron chi connectivity index (χ1n) is 6.46. The molecule has 1 fully saturated rings. The molecule has 5 heteroatoms. The van der Waals surface area contributed by atoms with Crippen molar-refractivity contribution in [3.63, 3.8) is 0 Å². The number of carbonyl (C=O) groups excluding carboxylic acids is 1. The molecule has 2 rings (SSSR count). The van der Waals surface area contributed by atoms with Gasteiger partial charge in [0.2, 0.25) is 5.91 Å². The summed E-state index contributed by atoms with van der Waals surface area (Å²) in [5.74, 6) is -0.230. The Kier molecular flexibility index (Phi) is 4.58. The van der Waals surface area contributed by atoms with Crippen LogP contribution in [-0.2, 0) is 11.2 Å². The van der Waals surface area contributed by atoms with Gasteiger partial charge >= 0.3 is 0 Å². The maximum Gasteiger partial charge on any atom is 0.227 e. The van der Waals surface area contributed by atoms with E-state index in [0.29, 0.717) is 17.4 Å². The second-order valence-electron chi connectivity index (χ2n) is 5.15. The molecule has 1 amide bonds. The van der Waals surface area contributed by atoms with Crippen LogP contribution in [0, 0.1) is 5.82 Å². The highest BCUT2D eigenvalue weighted by Crippen LogP contribution is 2.20. The van der Waals surface area contributed by atoms with Crippen LogP contribution in [0.2, 0.25) is 0 Å².